The van der Waals surface area contributed by atoms with E-state index < -0.39 is 0 Å². The second kappa shape index (κ2) is 4.26. The van der Waals surface area contributed by atoms with Crippen molar-refractivity contribution in [2.45, 2.75) is 25.8 Å². The number of aryl methyl sites for hydroxylation is 1. The topological polar surface area (TPSA) is 29.9 Å². The molecule has 0 spiro atoms. The highest BCUT2D eigenvalue weighted by molar-refractivity contribution is 5.04. The molecule has 0 amide bonds. The van der Waals surface area contributed by atoms with Crippen molar-refractivity contribution in [3.8, 4) is 0 Å². The second-order valence-corrected chi connectivity index (χ2v) is 3.04. The molecule has 68 valence electrons. The number of nitrogens with zero attached hydrogens (tertiary/aromatic N) is 2. The minimum atomic E-state index is 0.413. The summed E-state index contributed by atoms with van der Waals surface area (Å²) in [6, 6.07) is 2.48. The van der Waals surface area contributed by atoms with Crippen molar-refractivity contribution < 1.29 is 0 Å². The molecular formula is C9H17N3. The lowest BCUT2D eigenvalue weighted by Crippen LogP contribution is -2.16. The van der Waals surface area contributed by atoms with Gasteiger partial charge in [-0.2, -0.15) is 5.10 Å². The number of hydrogen-bond acceptors (Lipinski definition) is 2. The average Bonchev–Trinajstić information content (AvgIpc) is 2.47. The van der Waals surface area contributed by atoms with Gasteiger partial charge in [0.25, 0.3) is 0 Å². The van der Waals surface area contributed by atoms with E-state index in [0.29, 0.717) is 6.04 Å². The molecule has 12 heavy (non-hydrogen) atoms. The maximum atomic E-state index is 4.35. The largest absolute Gasteiger partial charge is 0.312 e. The zero-order valence-electron chi connectivity index (χ0n) is 8.04. The molecule has 1 aromatic rings. The minimum Gasteiger partial charge on any atom is -0.312 e. The van der Waals surface area contributed by atoms with E-state index in [1.165, 1.54) is 6.42 Å². The van der Waals surface area contributed by atoms with E-state index in [9.17, 15) is 0 Å². The minimum absolute atomic E-state index is 0.413. The summed E-state index contributed by atoms with van der Waals surface area (Å²) in [5.41, 5.74) is 1.14. The highest BCUT2D eigenvalue weighted by Gasteiger charge is 2.09. The molecule has 1 aromatic heterocycles. The van der Waals surface area contributed by atoms with Gasteiger partial charge in [-0.05, 0) is 19.5 Å². The molecule has 3 heteroatoms. The zero-order valence-corrected chi connectivity index (χ0v) is 8.04. The lowest BCUT2D eigenvalue weighted by atomic mass is 10.1. The van der Waals surface area contributed by atoms with E-state index >= 15 is 0 Å². The predicted molar refractivity (Wildman–Crippen MR) is 49.9 cm³/mol. The first-order valence-corrected chi connectivity index (χ1v) is 4.44. The molecule has 0 saturated carbocycles. The maximum absolute atomic E-state index is 4.35. The van der Waals surface area contributed by atoms with Crippen LogP contribution in [0.4, 0.5) is 0 Å². The second-order valence-electron chi connectivity index (χ2n) is 3.04. The van der Waals surface area contributed by atoms with Crippen LogP contribution in [0.1, 0.15) is 31.5 Å². The molecule has 0 bridgehead atoms. The van der Waals surface area contributed by atoms with Crippen molar-refractivity contribution in [3.63, 3.8) is 0 Å². The fourth-order valence-electron chi connectivity index (χ4n) is 1.35. The van der Waals surface area contributed by atoms with Gasteiger partial charge in [-0.15, -0.1) is 0 Å². The SMILES string of the molecule is CCCC(NC)c1ccn(C)n1. The van der Waals surface area contributed by atoms with Gasteiger partial charge in [0, 0.05) is 13.2 Å². The molecule has 0 fully saturated rings. The summed E-state index contributed by atoms with van der Waals surface area (Å²) in [6.45, 7) is 2.19. The highest BCUT2D eigenvalue weighted by atomic mass is 15.3. The van der Waals surface area contributed by atoms with Crippen LogP contribution in [0.5, 0.6) is 0 Å². The Balaban J connectivity index is 2.66. The summed E-state index contributed by atoms with van der Waals surface area (Å²) in [4.78, 5) is 0. The van der Waals surface area contributed by atoms with Crippen molar-refractivity contribution in [3.05, 3.63) is 18.0 Å². The molecule has 1 unspecified atom stereocenters. The quantitative estimate of drug-likeness (QED) is 0.736. The Morgan fingerprint density at radius 2 is 2.42 bits per heavy atom. The van der Waals surface area contributed by atoms with Gasteiger partial charge in [-0.25, -0.2) is 0 Å². The van der Waals surface area contributed by atoms with E-state index in [4.69, 9.17) is 0 Å². The molecular weight excluding hydrogens is 150 g/mol. The fraction of sp³-hybridized carbons (Fsp3) is 0.667. The van der Waals surface area contributed by atoms with Gasteiger partial charge in [0.05, 0.1) is 11.7 Å². The van der Waals surface area contributed by atoms with Crippen molar-refractivity contribution in [2.75, 3.05) is 7.05 Å². The van der Waals surface area contributed by atoms with E-state index in [0.717, 1.165) is 12.1 Å². The molecule has 0 aliphatic carbocycles. The van der Waals surface area contributed by atoms with Crippen LogP contribution < -0.4 is 5.32 Å². The van der Waals surface area contributed by atoms with Crippen LogP contribution in [0.25, 0.3) is 0 Å². The highest BCUT2D eigenvalue weighted by Crippen LogP contribution is 2.14. The summed E-state index contributed by atoms with van der Waals surface area (Å²) >= 11 is 0. The fourth-order valence-corrected chi connectivity index (χ4v) is 1.35. The van der Waals surface area contributed by atoms with E-state index in [-0.39, 0.29) is 0 Å². The Morgan fingerprint density at radius 3 is 2.83 bits per heavy atom. The first-order chi connectivity index (χ1) is 5.77. The molecule has 1 N–H and O–H groups in total. The summed E-state index contributed by atoms with van der Waals surface area (Å²) in [5, 5.41) is 7.61. The van der Waals surface area contributed by atoms with Crippen LogP contribution in [0.15, 0.2) is 12.3 Å². The predicted octanol–water partition coefficient (Wildman–Crippen LogP) is 1.48. The number of hydrogen-bond donors (Lipinski definition) is 1. The van der Waals surface area contributed by atoms with Crippen molar-refractivity contribution in [1.82, 2.24) is 15.1 Å². The molecule has 0 aliphatic rings. The van der Waals surface area contributed by atoms with Gasteiger partial charge in [0.2, 0.25) is 0 Å². The van der Waals surface area contributed by atoms with E-state index in [1.807, 2.05) is 25.0 Å². The molecule has 1 heterocycles. The smallest absolute Gasteiger partial charge is 0.0793 e. The van der Waals surface area contributed by atoms with Crippen molar-refractivity contribution >= 4 is 0 Å². The summed E-state index contributed by atoms with van der Waals surface area (Å²) in [6.07, 6.45) is 4.31. The Labute approximate surface area is 73.8 Å². The zero-order chi connectivity index (χ0) is 8.97. The first-order valence-electron chi connectivity index (χ1n) is 4.44. The van der Waals surface area contributed by atoms with Gasteiger partial charge in [0.15, 0.2) is 0 Å². The molecule has 3 nitrogen and oxygen atoms in total. The third kappa shape index (κ3) is 2.08. The summed E-state index contributed by atoms with van der Waals surface area (Å²) in [5.74, 6) is 0. The van der Waals surface area contributed by atoms with E-state index in [1.54, 1.807) is 0 Å². The van der Waals surface area contributed by atoms with E-state index in [2.05, 4.69) is 23.4 Å². The lowest BCUT2D eigenvalue weighted by Gasteiger charge is -2.11. The average molecular weight is 167 g/mol. The van der Waals surface area contributed by atoms with Crippen LogP contribution in [-0.4, -0.2) is 16.8 Å². The maximum Gasteiger partial charge on any atom is 0.0793 e. The molecule has 0 aliphatic heterocycles. The van der Waals surface area contributed by atoms with Crippen molar-refractivity contribution in [1.29, 1.82) is 0 Å². The Kier molecular flexibility index (Phi) is 3.29. The first kappa shape index (κ1) is 9.26. The van der Waals surface area contributed by atoms with Gasteiger partial charge in [-0.3, -0.25) is 4.68 Å². The number of aromatic nitrogens is 2. The van der Waals surface area contributed by atoms with Crippen LogP contribution in [0.3, 0.4) is 0 Å². The lowest BCUT2D eigenvalue weighted by molar-refractivity contribution is 0.520. The van der Waals surface area contributed by atoms with Crippen molar-refractivity contribution in [2.24, 2.45) is 7.05 Å². The number of rotatable bonds is 4. The Bertz CT molecular complexity index is 229. The standard InChI is InChI=1S/C9H17N3/c1-4-5-8(10-2)9-6-7-12(3)11-9/h6-8,10H,4-5H2,1-3H3. The van der Waals surface area contributed by atoms with Crippen LogP contribution in [0, 0.1) is 0 Å². The van der Waals surface area contributed by atoms with Crippen LogP contribution >= 0.6 is 0 Å². The number of nitrogens with one attached hydrogen (secondary N) is 1. The third-order valence-electron chi connectivity index (χ3n) is 2.02. The van der Waals surface area contributed by atoms with Gasteiger partial charge >= 0.3 is 0 Å². The third-order valence-corrected chi connectivity index (χ3v) is 2.02. The summed E-state index contributed by atoms with van der Waals surface area (Å²) < 4.78 is 1.84. The molecule has 0 radical (unpaired) electrons. The molecule has 0 aromatic carbocycles. The summed E-state index contributed by atoms with van der Waals surface area (Å²) in [7, 11) is 3.93. The molecule has 0 saturated heterocycles. The van der Waals surface area contributed by atoms with Gasteiger partial charge < -0.3 is 5.32 Å². The van der Waals surface area contributed by atoms with Gasteiger partial charge in [0.1, 0.15) is 0 Å². The molecule has 1 atom stereocenters. The monoisotopic (exact) mass is 167 g/mol. The van der Waals surface area contributed by atoms with Crippen LogP contribution in [0.2, 0.25) is 0 Å². The normalized spacial score (nSPS) is 13.2. The Hall–Kier alpha value is -0.830. The van der Waals surface area contributed by atoms with Crippen LogP contribution in [-0.2, 0) is 7.05 Å². The Morgan fingerprint density at radius 1 is 1.67 bits per heavy atom. The molecule has 1 rings (SSSR count). The van der Waals surface area contributed by atoms with Gasteiger partial charge in [-0.1, -0.05) is 13.3 Å².